The van der Waals surface area contributed by atoms with Crippen LogP contribution in [0.4, 0.5) is 16.3 Å². The van der Waals surface area contributed by atoms with Crippen molar-refractivity contribution in [3.63, 3.8) is 0 Å². The summed E-state index contributed by atoms with van der Waals surface area (Å²) in [5.41, 5.74) is 5.85. The van der Waals surface area contributed by atoms with E-state index in [9.17, 15) is 4.79 Å². The van der Waals surface area contributed by atoms with Crippen LogP contribution in [0.5, 0.6) is 5.88 Å². The molecule has 0 saturated heterocycles. The van der Waals surface area contributed by atoms with Crippen LogP contribution in [0.15, 0.2) is 12.1 Å². The van der Waals surface area contributed by atoms with Gasteiger partial charge in [0.2, 0.25) is 5.88 Å². The molecule has 1 rings (SSSR count). The molecule has 0 saturated carbocycles. The van der Waals surface area contributed by atoms with Crippen molar-refractivity contribution in [2.45, 2.75) is 52.7 Å². The van der Waals surface area contributed by atoms with E-state index < -0.39 is 11.7 Å². The molecule has 0 aliphatic heterocycles. The molecule has 0 aliphatic carbocycles. The average Bonchev–Trinajstić information content (AvgIpc) is 2.39. The molecule has 0 spiro atoms. The van der Waals surface area contributed by atoms with Gasteiger partial charge in [-0.3, -0.25) is 0 Å². The van der Waals surface area contributed by atoms with E-state index in [0.717, 1.165) is 6.42 Å². The first-order chi connectivity index (χ1) is 10.7. The maximum atomic E-state index is 11.5. The summed E-state index contributed by atoms with van der Waals surface area (Å²) in [6.45, 7) is 10.5. The normalized spacial score (nSPS) is 11.2. The summed E-state index contributed by atoms with van der Waals surface area (Å²) >= 11 is 0. The molecule has 1 aromatic heterocycles. The second-order valence-corrected chi connectivity index (χ2v) is 6.47. The van der Waals surface area contributed by atoms with Crippen LogP contribution in [0.25, 0.3) is 0 Å². The average molecular weight is 324 g/mol. The van der Waals surface area contributed by atoms with Gasteiger partial charge < -0.3 is 25.8 Å². The number of nitrogens with one attached hydrogen (secondary N) is 2. The van der Waals surface area contributed by atoms with Crippen molar-refractivity contribution < 1.29 is 14.3 Å². The molecule has 1 aromatic rings. The topological polar surface area (TPSA) is 98.5 Å². The molecule has 0 atom stereocenters. The van der Waals surface area contributed by atoms with Crippen LogP contribution in [0.2, 0.25) is 0 Å². The van der Waals surface area contributed by atoms with Crippen molar-refractivity contribution in [2.24, 2.45) is 0 Å². The molecule has 0 bridgehead atoms. The number of rotatable bonds is 7. The van der Waals surface area contributed by atoms with Crippen molar-refractivity contribution in [3.8, 4) is 5.88 Å². The van der Waals surface area contributed by atoms with E-state index in [1.54, 1.807) is 12.1 Å². The standard InChI is InChI=1S/C16H28N4O3/c1-11(2)22-14-12(17)7-8-13(20-14)18-9-6-10-19-15(21)23-16(3,4)5/h7-8,11H,6,9-10,17H2,1-5H3,(H,18,20)(H,19,21). The molecule has 0 aromatic carbocycles. The summed E-state index contributed by atoms with van der Waals surface area (Å²) in [5.74, 6) is 1.11. The lowest BCUT2D eigenvalue weighted by Gasteiger charge is -2.19. The number of carbonyl (C=O) groups excluding carboxylic acids is 1. The minimum Gasteiger partial charge on any atom is -0.473 e. The third-order valence-electron chi connectivity index (χ3n) is 2.56. The quantitative estimate of drug-likeness (QED) is 0.667. The Labute approximate surface area is 137 Å². The summed E-state index contributed by atoms with van der Waals surface area (Å²) in [7, 11) is 0. The summed E-state index contributed by atoms with van der Waals surface area (Å²) < 4.78 is 10.7. The first-order valence-corrected chi connectivity index (χ1v) is 7.81. The van der Waals surface area contributed by atoms with Crippen LogP contribution in [0.3, 0.4) is 0 Å². The second kappa shape index (κ2) is 8.45. The zero-order valence-corrected chi connectivity index (χ0v) is 14.6. The van der Waals surface area contributed by atoms with E-state index in [-0.39, 0.29) is 6.10 Å². The highest BCUT2D eigenvalue weighted by Gasteiger charge is 2.15. The summed E-state index contributed by atoms with van der Waals surface area (Å²) in [6, 6.07) is 3.55. The van der Waals surface area contributed by atoms with Gasteiger partial charge in [-0.2, -0.15) is 4.98 Å². The molecular formula is C16H28N4O3. The molecule has 0 aliphatic rings. The number of nitrogen functional groups attached to an aromatic ring is 1. The van der Waals surface area contributed by atoms with Crippen LogP contribution in [0, 0.1) is 0 Å². The number of ether oxygens (including phenoxy) is 2. The Kier molecular flexibility index (Phi) is 6.93. The van der Waals surface area contributed by atoms with E-state index >= 15 is 0 Å². The summed E-state index contributed by atoms with van der Waals surface area (Å²) in [5, 5.41) is 5.87. The number of alkyl carbamates (subject to hydrolysis) is 1. The molecule has 23 heavy (non-hydrogen) atoms. The van der Waals surface area contributed by atoms with Crippen LogP contribution >= 0.6 is 0 Å². The lowest BCUT2D eigenvalue weighted by atomic mass is 10.2. The molecule has 4 N–H and O–H groups in total. The van der Waals surface area contributed by atoms with E-state index in [0.29, 0.717) is 30.5 Å². The maximum Gasteiger partial charge on any atom is 0.407 e. The van der Waals surface area contributed by atoms with Gasteiger partial charge in [0.1, 0.15) is 11.4 Å². The number of amides is 1. The van der Waals surface area contributed by atoms with Gasteiger partial charge >= 0.3 is 6.09 Å². The Balaban J connectivity index is 2.32. The Morgan fingerprint density at radius 2 is 2.00 bits per heavy atom. The smallest absolute Gasteiger partial charge is 0.407 e. The molecule has 1 amide bonds. The van der Waals surface area contributed by atoms with E-state index in [4.69, 9.17) is 15.2 Å². The third-order valence-corrected chi connectivity index (χ3v) is 2.56. The summed E-state index contributed by atoms with van der Waals surface area (Å²) in [4.78, 5) is 15.8. The predicted octanol–water partition coefficient (Wildman–Crippen LogP) is 2.78. The highest BCUT2D eigenvalue weighted by molar-refractivity contribution is 5.67. The van der Waals surface area contributed by atoms with Crippen molar-refractivity contribution in [1.29, 1.82) is 0 Å². The molecule has 0 fully saturated rings. The van der Waals surface area contributed by atoms with Crippen molar-refractivity contribution >= 4 is 17.6 Å². The Morgan fingerprint density at radius 1 is 1.30 bits per heavy atom. The highest BCUT2D eigenvalue weighted by atomic mass is 16.6. The van der Waals surface area contributed by atoms with E-state index in [1.807, 2.05) is 34.6 Å². The zero-order chi connectivity index (χ0) is 17.5. The summed E-state index contributed by atoms with van der Waals surface area (Å²) in [6.07, 6.45) is 0.347. The minimum atomic E-state index is -0.483. The van der Waals surface area contributed by atoms with Gasteiger partial charge in [-0.1, -0.05) is 0 Å². The van der Waals surface area contributed by atoms with Gasteiger partial charge in [-0.05, 0) is 53.2 Å². The SMILES string of the molecule is CC(C)Oc1nc(NCCCNC(=O)OC(C)(C)C)ccc1N. The number of hydrogen-bond acceptors (Lipinski definition) is 6. The lowest BCUT2D eigenvalue weighted by Crippen LogP contribution is -2.33. The first-order valence-electron chi connectivity index (χ1n) is 7.81. The third kappa shape index (κ3) is 8.13. The van der Waals surface area contributed by atoms with Crippen LogP contribution in [-0.4, -0.2) is 35.9 Å². The van der Waals surface area contributed by atoms with Crippen molar-refractivity contribution in [1.82, 2.24) is 10.3 Å². The van der Waals surface area contributed by atoms with Crippen molar-refractivity contribution in [3.05, 3.63) is 12.1 Å². The predicted molar refractivity (Wildman–Crippen MR) is 91.8 cm³/mol. The largest absolute Gasteiger partial charge is 0.473 e. The lowest BCUT2D eigenvalue weighted by molar-refractivity contribution is 0.0528. The molecule has 7 heteroatoms. The number of nitrogens with zero attached hydrogens (tertiary/aromatic N) is 1. The van der Waals surface area contributed by atoms with E-state index in [2.05, 4.69) is 15.6 Å². The number of hydrogen-bond donors (Lipinski definition) is 3. The van der Waals surface area contributed by atoms with E-state index in [1.165, 1.54) is 0 Å². The van der Waals surface area contributed by atoms with Gasteiger partial charge in [-0.15, -0.1) is 0 Å². The van der Waals surface area contributed by atoms with Crippen LogP contribution < -0.4 is 21.1 Å². The molecular weight excluding hydrogens is 296 g/mol. The number of anilines is 2. The van der Waals surface area contributed by atoms with Gasteiger partial charge in [0.25, 0.3) is 0 Å². The molecule has 7 nitrogen and oxygen atoms in total. The Hall–Kier alpha value is -2.18. The molecule has 0 unspecified atom stereocenters. The second-order valence-electron chi connectivity index (χ2n) is 6.47. The number of carbonyl (C=O) groups is 1. The number of nitrogens with two attached hydrogens (primary N) is 1. The Morgan fingerprint density at radius 3 is 2.61 bits per heavy atom. The molecule has 1 heterocycles. The van der Waals surface area contributed by atoms with Gasteiger partial charge in [0.05, 0.1) is 11.8 Å². The number of aromatic nitrogens is 1. The highest BCUT2D eigenvalue weighted by Crippen LogP contribution is 2.21. The molecule has 0 radical (unpaired) electrons. The van der Waals surface area contributed by atoms with Gasteiger partial charge in [0, 0.05) is 13.1 Å². The number of pyridine rings is 1. The minimum absolute atomic E-state index is 0.0121. The monoisotopic (exact) mass is 324 g/mol. The fraction of sp³-hybridized carbons (Fsp3) is 0.625. The van der Waals surface area contributed by atoms with Gasteiger partial charge in [0.15, 0.2) is 0 Å². The maximum absolute atomic E-state index is 11.5. The fourth-order valence-corrected chi connectivity index (χ4v) is 1.68. The van der Waals surface area contributed by atoms with Gasteiger partial charge in [-0.25, -0.2) is 4.79 Å². The van der Waals surface area contributed by atoms with Crippen LogP contribution in [-0.2, 0) is 4.74 Å². The Bertz CT molecular complexity index is 513. The van der Waals surface area contributed by atoms with Crippen molar-refractivity contribution in [2.75, 3.05) is 24.1 Å². The first kappa shape index (κ1) is 18.9. The molecule has 130 valence electrons. The zero-order valence-electron chi connectivity index (χ0n) is 14.6. The van der Waals surface area contributed by atoms with Crippen LogP contribution in [0.1, 0.15) is 41.0 Å². The fourth-order valence-electron chi connectivity index (χ4n) is 1.68.